The molecule has 0 unspecified atom stereocenters. The molecule has 0 saturated carbocycles. The summed E-state index contributed by atoms with van der Waals surface area (Å²) < 4.78 is 8.55. The van der Waals surface area contributed by atoms with Crippen molar-refractivity contribution in [3.63, 3.8) is 0 Å². The van der Waals surface area contributed by atoms with Crippen LogP contribution in [0.25, 0.3) is 60.7 Å². The summed E-state index contributed by atoms with van der Waals surface area (Å²) >= 11 is 0. The number of rotatable bonds is 1. The van der Waals surface area contributed by atoms with E-state index in [2.05, 4.69) is 108 Å². The number of furan rings is 1. The average molecular weight is 451 g/mol. The second kappa shape index (κ2) is 6.39. The number of fused-ring (bicyclic) bond motifs is 9. The molecule has 0 aliphatic heterocycles. The second-order valence-corrected chi connectivity index (χ2v) is 10.1. The van der Waals surface area contributed by atoms with Crippen molar-refractivity contribution in [2.45, 2.75) is 19.3 Å². The topological polar surface area (TPSA) is 31.0 Å². The Balaban J connectivity index is 1.50. The van der Waals surface area contributed by atoms with Gasteiger partial charge in [-0.25, -0.2) is 4.98 Å². The van der Waals surface area contributed by atoms with Crippen LogP contribution < -0.4 is 0 Å². The zero-order chi connectivity index (χ0) is 23.3. The second-order valence-electron chi connectivity index (χ2n) is 10.1. The van der Waals surface area contributed by atoms with Crippen LogP contribution in [0, 0.1) is 0 Å². The zero-order valence-electron chi connectivity index (χ0n) is 19.5. The monoisotopic (exact) mass is 450 g/mol. The van der Waals surface area contributed by atoms with Crippen molar-refractivity contribution in [3.05, 3.63) is 108 Å². The number of aromatic nitrogens is 2. The molecule has 3 heteroatoms. The molecule has 0 radical (unpaired) electrons. The summed E-state index contributed by atoms with van der Waals surface area (Å²) in [6.45, 7) is 4.65. The smallest absolute Gasteiger partial charge is 0.227 e. The number of hydrogen-bond acceptors (Lipinski definition) is 2. The van der Waals surface area contributed by atoms with Crippen molar-refractivity contribution in [2.24, 2.45) is 0 Å². The molecule has 0 amide bonds. The van der Waals surface area contributed by atoms with E-state index in [1.165, 1.54) is 49.7 Å². The lowest BCUT2D eigenvalue weighted by molar-refractivity contribution is 0.640. The standard InChI is InChI=1S/C32H22N2O/c1-32(2)26-17-29-24(20-11-6-7-13-28(20)34(29)19-9-4-3-5-10-19)15-22(26)23-16-25-21-12-8-14-33-31(21)35-30(25)18-27(23)32/h3-18H,1-2H3. The highest BCUT2D eigenvalue weighted by Crippen LogP contribution is 2.52. The van der Waals surface area contributed by atoms with Gasteiger partial charge in [-0.2, -0.15) is 0 Å². The fourth-order valence-corrected chi connectivity index (χ4v) is 6.15. The Kier molecular flexibility index (Phi) is 3.47. The maximum absolute atomic E-state index is 6.15. The van der Waals surface area contributed by atoms with Crippen molar-refractivity contribution in [1.29, 1.82) is 0 Å². The summed E-state index contributed by atoms with van der Waals surface area (Å²) in [6, 6.07) is 32.8. The molecule has 3 nitrogen and oxygen atoms in total. The van der Waals surface area contributed by atoms with E-state index in [-0.39, 0.29) is 5.41 Å². The SMILES string of the molecule is CC1(C)c2cc3oc4ncccc4c3cc2-c2cc3c4ccccc4n(-c4ccccc4)c3cc21. The molecule has 166 valence electrons. The number of benzene rings is 4. The molecule has 0 saturated heterocycles. The summed E-state index contributed by atoms with van der Waals surface area (Å²) in [4.78, 5) is 4.44. The van der Waals surface area contributed by atoms with Crippen LogP contribution in [0.2, 0.25) is 0 Å². The third-order valence-electron chi connectivity index (χ3n) is 7.85. The maximum Gasteiger partial charge on any atom is 0.227 e. The lowest BCUT2D eigenvalue weighted by Gasteiger charge is -2.21. The van der Waals surface area contributed by atoms with Crippen molar-refractivity contribution in [2.75, 3.05) is 0 Å². The molecule has 0 atom stereocenters. The quantitative estimate of drug-likeness (QED) is 0.251. The van der Waals surface area contributed by atoms with Gasteiger partial charge in [-0.05, 0) is 76.9 Å². The van der Waals surface area contributed by atoms with Crippen LogP contribution in [0.3, 0.4) is 0 Å². The van der Waals surface area contributed by atoms with Crippen molar-refractivity contribution >= 4 is 43.9 Å². The Morgan fingerprint density at radius 3 is 2.23 bits per heavy atom. The molecule has 1 aliphatic carbocycles. The fraction of sp³-hybridized carbons (Fsp3) is 0.0938. The minimum atomic E-state index is -0.141. The minimum absolute atomic E-state index is 0.141. The van der Waals surface area contributed by atoms with E-state index >= 15 is 0 Å². The molecule has 35 heavy (non-hydrogen) atoms. The Labute approximate surface area is 202 Å². The average Bonchev–Trinajstić information content (AvgIpc) is 3.49. The van der Waals surface area contributed by atoms with E-state index in [0.29, 0.717) is 5.71 Å². The molecule has 7 aromatic rings. The highest BCUT2D eigenvalue weighted by molar-refractivity contribution is 6.13. The van der Waals surface area contributed by atoms with Gasteiger partial charge in [-0.3, -0.25) is 0 Å². The first-order valence-electron chi connectivity index (χ1n) is 12.1. The molecule has 8 rings (SSSR count). The summed E-state index contributed by atoms with van der Waals surface area (Å²) in [7, 11) is 0. The normalized spacial score (nSPS) is 14.2. The summed E-state index contributed by atoms with van der Waals surface area (Å²) in [5.41, 5.74) is 10.4. The Hall–Kier alpha value is -4.37. The number of para-hydroxylation sites is 2. The Morgan fingerprint density at radius 1 is 0.657 bits per heavy atom. The van der Waals surface area contributed by atoms with Crippen LogP contribution in [0.15, 0.2) is 102 Å². The highest BCUT2D eigenvalue weighted by atomic mass is 16.3. The van der Waals surface area contributed by atoms with Gasteiger partial charge in [0.25, 0.3) is 0 Å². The van der Waals surface area contributed by atoms with Gasteiger partial charge in [0.2, 0.25) is 5.71 Å². The van der Waals surface area contributed by atoms with Gasteiger partial charge >= 0.3 is 0 Å². The Bertz CT molecular complexity index is 1970. The van der Waals surface area contributed by atoms with Gasteiger partial charge < -0.3 is 8.98 Å². The van der Waals surface area contributed by atoms with E-state index < -0.39 is 0 Å². The lowest BCUT2D eigenvalue weighted by Crippen LogP contribution is -2.15. The molecule has 0 fully saturated rings. The third-order valence-corrected chi connectivity index (χ3v) is 7.85. The van der Waals surface area contributed by atoms with E-state index in [9.17, 15) is 0 Å². The minimum Gasteiger partial charge on any atom is -0.438 e. The molecular formula is C32H22N2O. The first-order chi connectivity index (χ1) is 17.1. The summed E-state index contributed by atoms with van der Waals surface area (Å²) in [5, 5.41) is 4.76. The van der Waals surface area contributed by atoms with Crippen LogP contribution in [0.1, 0.15) is 25.0 Å². The van der Waals surface area contributed by atoms with Crippen molar-refractivity contribution in [3.8, 4) is 16.8 Å². The number of nitrogens with zero attached hydrogens (tertiary/aromatic N) is 2. The van der Waals surface area contributed by atoms with Gasteiger partial charge in [-0.15, -0.1) is 0 Å². The third kappa shape index (κ3) is 2.37. The molecular weight excluding hydrogens is 428 g/mol. The van der Waals surface area contributed by atoms with Crippen molar-refractivity contribution in [1.82, 2.24) is 9.55 Å². The maximum atomic E-state index is 6.15. The van der Waals surface area contributed by atoms with E-state index in [1.54, 1.807) is 6.20 Å². The van der Waals surface area contributed by atoms with Gasteiger partial charge in [-0.1, -0.05) is 50.2 Å². The molecule has 0 spiro atoms. The molecule has 4 aromatic carbocycles. The van der Waals surface area contributed by atoms with Crippen LogP contribution in [0.4, 0.5) is 0 Å². The highest BCUT2D eigenvalue weighted by Gasteiger charge is 2.37. The van der Waals surface area contributed by atoms with E-state index in [0.717, 1.165) is 16.4 Å². The van der Waals surface area contributed by atoms with Gasteiger partial charge in [0.1, 0.15) is 5.58 Å². The van der Waals surface area contributed by atoms with Crippen LogP contribution in [-0.2, 0) is 5.41 Å². The molecule has 3 aromatic heterocycles. The Morgan fingerprint density at radius 2 is 1.37 bits per heavy atom. The van der Waals surface area contributed by atoms with Crippen LogP contribution >= 0.6 is 0 Å². The summed E-state index contributed by atoms with van der Waals surface area (Å²) in [5.74, 6) is 0. The first-order valence-corrected chi connectivity index (χ1v) is 12.1. The molecule has 3 heterocycles. The predicted octanol–water partition coefficient (Wildman–Crippen LogP) is 8.38. The molecule has 0 bridgehead atoms. The van der Waals surface area contributed by atoms with Gasteiger partial charge in [0, 0.05) is 38.8 Å². The number of hydrogen-bond donors (Lipinski definition) is 0. The van der Waals surface area contributed by atoms with Gasteiger partial charge in [0.05, 0.1) is 11.0 Å². The lowest BCUT2D eigenvalue weighted by atomic mass is 9.82. The van der Waals surface area contributed by atoms with E-state index in [4.69, 9.17) is 4.42 Å². The number of pyridine rings is 1. The zero-order valence-corrected chi connectivity index (χ0v) is 19.5. The van der Waals surface area contributed by atoms with E-state index in [1.807, 2.05) is 6.07 Å². The van der Waals surface area contributed by atoms with Crippen molar-refractivity contribution < 1.29 is 4.42 Å². The van der Waals surface area contributed by atoms with Crippen LogP contribution in [0.5, 0.6) is 0 Å². The fourth-order valence-electron chi connectivity index (χ4n) is 6.15. The predicted molar refractivity (Wildman–Crippen MR) is 143 cm³/mol. The first kappa shape index (κ1) is 19.0. The molecule has 1 aliphatic rings. The van der Waals surface area contributed by atoms with Crippen LogP contribution in [-0.4, -0.2) is 9.55 Å². The van der Waals surface area contributed by atoms with Gasteiger partial charge in [0.15, 0.2) is 0 Å². The molecule has 0 N–H and O–H groups in total. The largest absolute Gasteiger partial charge is 0.438 e. The summed E-state index contributed by atoms with van der Waals surface area (Å²) in [6.07, 6.45) is 1.79.